The fourth-order valence-electron chi connectivity index (χ4n) is 5.31. The van der Waals surface area contributed by atoms with Crippen LogP contribution in [0.15, 0.2) is 48.5 Å². The zero-order chi connectivity index (χ0) is 21.8. The van der Waals surface area contributed by atoms with Gasteiger partial charge in [-0.05, 0) is 92.2 Å². The highest BCUT2D eigenvalue weighted by Gasteiger charge is 2.28. The number of nitrogens with zero attached hydrogens (tertiary/aromatic N) is 1. The van der Waals surface area contributed by atoms with Crippen molar-refractivity contribution in [2.45, 2.75) is 63.9 Å². The maximum Gasteiger partial charge on any atom is 0.253 e. The number of aliphatic hydroxyl groups is 1. The molecule has 0 aromatic heterocycles. The molecule has 1 amide bonds. The number of hydrogen-bond donors (Lipinski definition) is 1. The molecule has 0 bridgehead atoms. The summed E-state index contributed by atoms with van der Waals surface area (Å²) in [6, 6.07) is 16.8. The fraction of sp³-hybridized carbons (Fsp3) is 0.519. The molecular weight excluding hydrogens is 386 g/mol. The molecule has 1 unspecified atom stereocenters. The first-order valence-corrected chi connectivity index (χ1v) is 11.8. The molecule has 1 saturated heterocycles. The number of hydrogen-bond acceptors (Lipinski definition) is 3. The van der Waals surface area contributed by atoms with Crippen molar-refractivity contribution in [1.29, 1.82) is 0 Å². The topological polar surface area (TPSA) is 49.8 Å². The van der Waals surface area contributed by atoms with Gasteiger partial charge in [-0.1, -0.05) is 31.2 Å². The van der Waals surface area contributed by atoms with Gasteiger partial charge in [0.15, 0.2) is 0 Å². The predicted octanol–water partition coefficient (Wildman–Crippen LogP) is 5.37. The average molecular weight is 422 g/mol. The van der Waals surface area contributed by atoms with Gasteiger partial charge < -0.3 is 14.7 Å². The molecule has 1 N–H and O–H groups in total. The van der Waals surface area contributed by atoms with Gasteiger partial charge >= 0.3 is 0 Å². The molecule has 31 heavy (non-hydrogen) atoms. The Balaban J connectivity index is 1.32. The second-order valence-electron chi connectivity index (χ2n) is 9.33. The highest BCUT2D eigenvalue weighted by molar-refractivity contribution is 5.94. The second kappa shape index (κ2) is 9.86. The van der Waals surface area contributed by atoms with Crippen molar-refractivity contribution >= 4 is 5.91 Å². The van der Waals surface area contributed by atoms with Crippen LogP contribution in [0.5, 0.6) is 5.75 Å². The molecular formula is C27H35NO3. The van der Waals surface area contributed by atoms with Crippen LogP contribution >= 0.6 is 0 Å². The summed E-state index contributed by atoms with van der Waals surface area (Å²) < 4.78 is 5.67. The van der Waals surface area contributed by atoms with Crippen LogP contribution in [0.1, 0.15) is 79.3 Å². The molecule has 2 aromatic carbocycles. The molecule has 0 spiro atoms. The Morgan fingerprint density at radius 3 is 2.68 bits per heavy atom. The van der Waals surface area contributed by atoms with Crippen LogP contribution in [-0.4, -0.2) is 41.7 Å². The Bertz CT molecular complexity index is 878. The number of carbonyl (C=O) groups is 1. The van der Waals surface area contributed by atoms with Crippen LogP contribution in [-0.2, 0) is 0 Å². The van der Waals surface area contributed by atoms with Gasteiger partial charge in [-0.15, -0.1) is 0 Å². The van der Waals surface area contributed by atoms with Crippen LogP contribution in [0.25, 0.3) is 0 Å². The molecule has 1 aliphatic carbocycles. The van der Waals surface area contributed by atoms with Crippen molar-refractivity contribution in [3.8, 4) is 5.75 Å². The number of ether oxygens (including phenoxy) is 1. The van der Waals surface area contributed by atoms with E-state index in [1.165, 1.54) is 36.8 Å². The summed E-state index contributed by atoms with van der Waals surface area (Å²) in [6.45, 7) is 6.16. The smallest absolute Gasteiger partial charge is 0.253 e. The average Bonchev–Trinajstić information content (AvgIpc) is 3.43. The Labute approximate surface area is 186 Å². The minimum atomic E-state index is -0.373. The van der Waals surface area contributed by atoms with Crippen molar-refractivity contribution in [3.05, 3.63) is 65.2 Å². The van der Waals surface area contributed by atoms with E-state index in [1.807, 2.05) is 25.1 Å². The number of amides is 1. The van der Waals surface area contributed by atoms with E-state index in [1.54, 1.807) is 4.90 Å². The van der Waals surface area contributed by atoms with Crippen molar-refractivity contribution in [2.24, 2.45) is 5.92 Å². The molecule has 4 atom stereocenters. The van der Waals surface area contributed by atoms with Gasteiger partial charge in [0.25, 0.3) is 5.91 Å². The molecule has 2 aliphatic rings. The van der Waals surface area contributed by atoms with Gasteiger partial charge in [-0.2, -0.15) is 0 Å². The van der Waals surface area contributed by atoms with Gasteiger partial charge in [0.05, 0.1) is 12.7 Å². The van der Waals surface area contributed by atoms with Crippen LogP contribution in [0.2, 0.25) is 0 Å². The quantitative estimate of drug-likeness (QED) is 0.654. The summed E-state index contributed by atoms with van der Waals surface area (Å²) >= 11 is 0. The third-order valence-corrected chi connectivity index (χ3v) is 7.05. The van der Waals surface area contributed by atoms with E-state index in [9.17, 15) is 9.90 Å². The molecule has 2 aromatic rings. The number of carbonyl (C=O) groups excluding carboxylic acids is 1. The van der Waals surface area contributed by atoms with Gasteiger partial charge in [-0.25, -0.2) is 0 Å². The highest BCUT2D eigenvalue weighted by atomic mass is 16.5. The Hall–Kier alpha value is -2.33. The molecule has 4 nitrogen and oxygen atoms in total. The Kier molecular flexibility index (Phi) is 6.96. The summed E-state index contributed by atoms with van der Waals surface area (Å²) in [4.78, 5) is 14.4. The molecule has 4 heteroatoms. The zero-order valence-electron chi connectivity index (χ0n) is 18.8. The Morgan fingerprint density at radius 2 is 1.97 bits per heavy atom. The lowest BCUT2D eigenvalue weighted by atomic mass is 9.88. The number of rotatable bonds is 7. The van der Waals surface area contributed by atoms with E-state index < -0.39 is 0 Å². The summed E-state index contributed by atoms with van der Waals surface area (Å²) in [7, 11) is 0. The molecule has 0 radical (unpaired) electrons. The molecule has 2 fully saturated rings. The van der Waals surface area contributed by atoms with Gasteiger partial charge in [0.2, 0.25) is 0 Å². The third-order valence-electron chi connectivity index (χ3n) is 7.05. The van der Waals surface area contributed by atoms with Crippen molar-refractivity contribution in [1.82, 2.24) is 4.90 Å². The lowest BCUT2D eigenvalue weighted by Crippen LogP contribution is -2.29. The predicted molar refractivity (Wildman–Crippen MR) is 124 cm³/mol. The third kappa shape index (κ3) is 5.30. The van der Waals surface area contributed by atoms with E-state index in [4.69, 9.17) is 4.74 Å². The normalized spacial score (nSPS) is 24.4. The molecule has 166 valence electrons. The number of likely N-dealkylation sites (tertiary alicyclic amines) is 1. The molecule has 1 saturated carbocycles. The monoisotopic (exact) mass is 421 g/mol. The SMILES string of the molecule is CCOc1cccc([C@@H](C)CC2CC[C@H](c3ccc(C(=O)N4CC[C@H](O)C4)cc3)C2)c1. The number of aliphatic hydroxyl groups excluding tert-OH is 1. The first kappa shape index (κ1) is 21.9. The van der Waals surface area contributed by atoms with Crippen LogP contribution in [0.4, 0.5) is 0 Å². The maximum atomic E-state index is 12.6. The summed E-state index contributed by atoms with van der Waals surface area (Å²) in [5.41, 5.74) is 3.45. The van der Waals surface area contributed by atoms with Crippen LogP contribution in [0.3, 0.4) is 0 Å². The van der Waals surface area contributed by atoms with E-state index >= 15 is 0 Å². The standard InChI is InChI=1S/C27H35NO3/c1-3-31-26-6-4-5-23(17-26)19(2)15-20-7-8-24(16-20)21-9-11-22(12-10-21)27(30)28-14-13-25(29)18-28/h4-6,9-12,17,19-20,24-25,29H,3,7-8,13-16,18H2,1-2H3/t19-,20?,24-,25-/m0/s1. The van der Waals surface area contributed by atoms with Crippen LogP contribution in [0, 0.1) is 5.92 Å². The fourth-order valence-corrected chi connectivity index (χ4v) is 5.31. The molecule has 1 heterocycles. The second-order valence-corrected chi connectivity index (χ2v) is 9.33. The van der Waals surface area contributed by atoms with E-state index in [2.05, 4.69) is 37.3 Å². The van der Waals surface area contributed by atoms with Gasteiger partial charge in [0, 0.05) is 18.7 Å². The summed E-state index contributed by atoms with van der Waals surface area (Å²) in [6.07, 6.45) is 5.24. The van der Waals surface area contributed by atoms with Crippen molar-refractivity contribution in [2.75, 3.05) is 19.7 Å². The maximum absolute atomic E-state index is 12.6. The van der Waals surface area contributed by atoms with Crippen molar-refractivity contribution in [3.63, 3.8) is 0 Å². The summed E-state index contributed by atoms with van der Waals surface area (Å²) in [5, 5.41) is 9.68. The number of benzene rings is 2. The molecule has 1 aliphatic heterocycles. The first-order valence-electron chi connectivity index (χ1n) is 11.8. The molecule has 4 rings (SSSR count). The minimum Gasteiger partial charge on any atom is -0.494 e. The summed E-state index contributed by atoms with van der Waals surface area (Å²) in [5.74, 6) is 2.86. The van der Waals surface area contributed by atoms with Gasteiger partial charge in [-0.3, -0.25) is 4.79 Å². The van der Waals surface area contributed by atoms with E-state index in [-0.39, 0.29) is 12.0 Å². The minimum absolute atomic E-state index is 0.0375. The highest BCUT2D eigenvalue weighted by Crippen LogP contribution is 2.42. The van der Waals surface area contributed by atoms with E-state index in [0.29, 0.717) is 38.0 Å². The first-order chi connectivity index (χ1) is 15.0. The van der Waals surface area contributed by atoms with Gasteiger partial charge in [0.1, 0.15) is 5.75 Å². The van der Waals surface area contributed by atoms with Crippen LogP contribution < -0.4 is 4.74 Å². The lowest BCUT2D eigenvalue weighted by Gasteiger charge is -2.19. The lowest BCUT2D eigenvalue weighted by molar-refractivity contribution is 0.0765. The largest absolute Gasteiger partial charge is 0.494 e. The zero-order valence-corrected chi connectivity index (χ0v) is 18.8. The number of β-amino-alcohol motifs (C(OH)–C–C–N with tert-alkyl or cyclic N) is 1. The Morgan fingerprint density at radius 1 is 1.16 bits per heavy atom. The van der Waals surface area contributed by atoms with E-state index in [0.717, 1.165) is 17.2 Å². The van der Waals surface area contributed by atoms with Crippen molar-refractivity contribution < 1.29 is 14.6 Å².